The number of nitrogens with zero attached hydrogens (tertiary/aromatic N) is 1. The molecule has 0 aromatic heterocycles. The molecule has 0 radical (unpaired) electrons. The number of alkyl halides is 1. The molecular formula is C14H17Cl2NO. The van der Waals surface area contributed by atoms with Gasteiger partial charge in [0.15, 0.2) is 0 Å². The average molecular weight is 286 g/mol. The molecule has 1 amide bonds. The third-order valence-corrected chi connectivity index (χ3v) is 3.62. The van der Waals surface area contributed by atoms with Crippen molar-refractivity contribution in [2.75, 3.05) is 5.88 Å². The van der Waals surface area contributed by atoms with E-state index in [0.29, 0.717) is 24.9 Å². The molecule has 2 nitrogen and oxygen atoms in total. The molecule has 0 atom stereocenters. The molecule has 0 aliphatic heterocycles. The maximum Gasteiger partial charge on any atom is 0.223 e. The van der Waals surface area contributed by atoms with Crippen LogP contribution in [-0.2, 0) is 11.3 Å². The number of hydrogen-bond donors (Lipinski definition) is 0. The second-order valence-corrected chi connectivity index (χ2v) is 5.49. The Bertz CT molecular complexity index is 401. The Labute approximate surface area is 118 Å². The third kappa shape index (κ3) is 3.89. The van der Waals surface area contributed by atoms with Crippen molar-refractivity contribution in [2.45, 2.75) is 38.3 Å². The van der Waals surface area contributed by atoms with Gasteiger partial charge in [0, 0.05) is 29.9 Å². The van der Waals surface area contributed by atoms with Gasteiger partial charge < -0.3 is 4.90 Å². The monoisotopic (exact) mass is 285 g/mol. The van der Waals surface area contributed by atoms with Crippen molar-refractivity contribution >= 4 is 29.1 Å². The number of rotatable bonds is 6. The fourth-order valence-corrected chi connectivity index (χ4v) is 2.21. The zero-order valence-electron chi connectivity index (χ0n) is 10.2. The maximum absolute atomic E-state index is 12.1. The summed E-state index contributed by atoms with van der Waals surface area (Å²) >= 11 is 11.5. The van der Waals surface area contributed by atoms with Crippen LogP contribution in [0.3, 0.4) is 0 Å². The Morgan fingerprint density at radius 3 is 2.50 bits per heavy atom. The van der Waals surface area contributed by atoms with Crippen LogP contribution in [0.25, 0.3) is 0 Å². The van der Waals surface area contributed by atoms with E-state index < -0.39 is 0 Å². The van der Waals surface area contributed by atoms with Crippen molar-refractivity contribution in [2.24, 2.45) is 0 Å². The molecule has 1 aromatic carbocycles. The first-order valence-electron chi connectivity index (χ1n) is 6.30. The van der Waals surface area contributed by atoms with Crippen molar-refractivity contribution in [3.05, 3.63) is 34.9 Å². The molecule has 0 unspecified atom stereocenters. The van der Waals surface area contributed by atoms with Gasteiger partial charge >= 0.3 is 0 Å². The van der Waals surface area contributed by atoms with Gasteiger partial charge in [-0.1, -0.05) is 23.7 Å². The van der Waals surface area contributed by atoms with Crippen LogP contribution in [0.4, 0.5) is 0 Å². The van der Waals surface area contributed by atoms with Crippen LogP contribution in [0.2, 0.25) is 5.02 Å². The number of carbonyl (C=O) groups excluding carboxylic acids is 1. The number of hydrogen-bond acceptors (Lipinski definition) is 1. The summed E-state index contributed by atoms with van der Waals surface area (Å²) in [6, 6.07) is 8.12. The Kier molecular flexibility index (Phi) is 4.90. The van der Waals surface area contributed by atoms with Gasteiger partial charge in [0.2, 0.25) is 5.91 Å². The Hall–Kier alpha value is -0.730. The summed E-state index contributed by atoms with van der Waals surface area (Å²) < 4.78 is 0. The average Bonchev–Trinajstić information content (AvgIpc) is 3.19. The minimum atomic E-state index is 0.216. The second-order valence-electron chi connectivity index (χ2n) is 4.67. The molecule has 1 saturated carbocycles. The molecule has 1 aliphatic carbocycles. The molecule has 0 heterocycles. The normalized spacial score (nSPS) is 14.6. The Morgan fingerprint density at radius 2 is 1.94 bits per heavy atom. The first kappa shape index (κ1) is 13.7. The van der Waals surface area contributed by atoms with Gasteiger partial charge in [0.1, 0.15) is 0 Å². The van der Waals surface area contributed by atoms with Crippen molar-refractivity contribution in [1.82, 2.24) is 4.90 Å². The highest BCUT2D eigenvalue weighted by atomic mass is 35.5. The highest BCUT2D eigenvalue weighted by molar-refractivity contribution is 6.30. The van der Waals surface area contributed by atoms with E-state index in [2.05, 4.69) is 0 Å². The largest absolute Gasteiger partial charge is 0.335 e. The van der Waals surface area contributed by atoms with Crippen LogP contribution in [0.5, 0.6) is 0 Å². The summed E-state index contributed by atoms with van der Waals surface area (Å²) in [5.74, 6) is 0.763. The van der Waals surface area contributed by atoms with E-state index in [1.54, 1.807) is 0 Å². The van der Waals surface area contributed by atoms with Gasteiger partial charge in [-0.05, 0) is 37.0 Å². The van der Waals surface area contributed by atoms with Crippen LogP contribution in [0.15, 0.2) is 24.3 Å². The molecule has 2 rings (SSSR count). The van der Waals surface area contributed by atoms with E-state index in [1.807, 2.05) is 29.2 Å². The fraction of sp³-hybridized carbons (Fsp3) is 0.500. The number of amides is 1. The lowest BCUT2D eigenvalue weighted by Crippen LogP contribution is -2.32. The van der Waals surface area contributed by atoms with Crippen molar-refractivity contribution in [1.29, 1.82) is 0 Å². The zero-order chi connectivity index (χ0) is 13.0. The minimum absolute atomic E-state index is 0.216. The SMILES string of the molecule is O=C(CCCCl)N(Cc1ccc(Cl)cc1)C1CC1. The van der Waals surface area contributed by atoms with Gasteiger partial charge in [0.05, 0.1) is 0 Å². The highest BCUT2D eigenvalue weighted by Crippen LogP contribution is 2.29. The molecule has 18 heavy (non-hydrogen) atoms. The van der Waals surface area contributed by atoms with Gasteiger partial charge in [-0.15, -0.1) is 11.6 Å². The van der Waals surface area contributed by atoms with E-state index in [0.717, 1.165) is 29.8 Å². The predicted octanol–water partition coefficient (Wildman–Crippen LogP) is 3.85. The third-order valence-electron chi connectivity index (χ3n) is 3.10. The Balaban J connectivity index is 1.97. The zero-order valence-corrected chi connectivity index (χ0v) is 11.8. The van der Waals surface area contributed by atoms with Crippen LogP contribution in [-0.4, -0.2) is 22.7 Å². The summed E-state index contributed by atoms with van der Waals surface area (Å²) in [4.78, 5) is 14.1. The molecule has 1 aromatic rings. The summed E-state index contributed by atoms with van der Waals surface area (Å²) in [5.41, 5.74) is 1.13. The molecule has 0 spiro atoms. The van der Waals surface area contributed by atoms with Gasteiger partial charge in [-0.2, -0.15) is 0 Å². The van der Waals surface area contributed by atoms with Crippen molar-refractivity contribution < 1.29 is 4.79 Å². The second kappa shape index (κ2) is 6.44. The van der Waals surface area contributed by atoms with Crippen LogP contribution >= 0.6 is 23.2 Å². The quantitative estimate of drug-likeness (QED) is 0.727. The predicted molar refractivity (Wildman–Crippen MR) is 75.0 cm³/mol. The van der Waals surface area contributed by atoms with Crippen LogP contribution < -0.4 is 0 Å². The van der Waals surface area contributed by atoms with Crippen LogP contribution in [0, 0.1) is 0 Å². The summed E-state index contributed by atoms with van der Waals surface area (Å²) in [7, 11) is 0. The Morgan fingerprint density at radius 1 is 1.28 bits per heavy atom. The first-order chi connectivity index (χ1) is 8.70. The van der Waals surface area contributed by atoms with E-state index >= 15 is 0 Å². The topological polar surface area (TPSA) is 20.3 Å². The van der Waals surface area contributed by atoms with E-state index in [1.165, 1.54) is 0 Å². The molecule has 1 aliphatic rings. The summed E-state index contributed by atoms with van der Waals surface area (Å²) in [6.45, 7) is 0.683. The standard InChI is InChI=1S/C14H17Cl2NO/c15-9-1-2-14(18)17(13-7-8-13)10-11-3-5-12(16)6-4-11/h3-6,13H,1-2,7-10H2. The van der Waals surface area contributed by atoms with Crippen molar-refractivity contribution in [3.8, 4) is 0 Å². The summed E-state index contributed by atoms with van der Waals surface area (Å²) in [5, 5.41) is 0.727. The number of benzene rings is 1. The smallest absolute Gasteiger partial charge is 0.223 e. The fourth-order valence-electron chi connectivity index (χ4n) is 1.96. The highest BCUT2D eigenvalue weighted by Gasteiger charge is 2.31. The molecule has 0 bridgehead atoms. The van der Waals surface area contributed by atoms with E-state index in [-0.39, 0.29) is 5.91 Å². The molecule has 0 saturated heterocycles. The summed E-state index contributed by atoms with van der Waals surface area (Å²) in [6.07, 6.45) is 3.55. The van der Waals surface area contributed by atoms with Gasteiger partial charge in [-0.3, -0.25) is 4.79 Å². The molecule has 1 fully saturated rings. The number of halogens is 2. The van der Waals surface area contributed by atoms with E-state index in [4.69, 9.17) is 23.2 Å². The molecular weight excluding hydrogens is 269 g/mol. The van der Waals surface area contributed by atoms with Gasteiger partial charge in [0.25, 0.3) is 0 Å². The van der Waals surface area contributed by atoms with E-state index in [9.17, 15) is 4.79 Å². The van der Waals surface area contributed by atoms with Crippen molar-refractivity contribution in [3.63, 3.8) is 0 Å². The van der Waals surface area contributed by atoms with Gasteiger partial charge in [-0.25, -0.2) is 0 Å². The molecule has 98 valence electrons. The lowest BCUT2D eigenvalue weighted by atomic mass is 10.2. The molecule has 0 N–H and O–H groups in total. The lowest BCUT2D eigenvalue weighted by Gasteiger charge is -2.22. The van der Waals surface area contributed by atoms with Crippen LogP contribution in [0.1, 0.15) is 31.2 Å². The number of carbonyl (C=O) groups is 1. The molecule has 4 heteroatoms. The minimum Gasteiger partial charge on any atom is -0.335 e. The lowest BCUT2D eigenvalue weighted by molar-refractivity contribution is -0.132. The first-order valence-corrected chi connectivity index (χ1v) is 7.22. The maximum atomic E-state index is 12.1.